The van der Waals surface area contributed by atoms with Crippen molar-refractivity contribution in [2.24, 2.45) is 11.3 Å². The molecule has 2 heteroatoms. The maximum Gasteiger partial charge on any atom is 0.122 e. The van der Waals surface area contributed by atoms with Gasteiger partial charge in [-0.2, -0.15) is 0 Å². The van der Waals surface area contributed by atoms with Gasteiger partial charge in [0.25, 0.3) is 0 Å². The van der Waals surface area contributed by atoms with Crippen LogP contribution >= 0.6 is 0 Å². The smallest absolute Gasteiger partial charge is 0.122 e. The van der Waals surface area contributed by atoms with Gasteiger partial charge < -0.3 is 10.1 Å². The summed E-state index contributed by atoms with van der Waals surface area (Å²) in [6.45, 7) is 5.78. The molecule has 2 aliphatic rings. The minimum absolute atomic E-state index is 0.379. The summed E-state index contributed by atoms with van der Waals surface area (Å²) in [6, 6.07) is 7.36. The second-order valence-electron chi connectivity index (χ2n) is 7.08. The van der Waals surface area contributed by atoms with Crippen molar-refractivity contribution in [1.29, 1.82) is 0 Å². The van der Waals surface area contributed by atoms with E-state index in [0.29, 0.717) is 5.41 Å². The molecule has 20 heavy (non-hydrogen) atoms. The van der Waals surface area contributed by atoms with E-state index in [1.54, 1.807) is 7.11 Å². The van der Waals surface area contributed by atoms with Crippen LogP contribution in [0.25, 0.3) is 0 Å². The minimum Gasteiger partial charge on any atom is -0.496 e. The molecule has 0 amide bonds. The summed E-state index contributed by atoms with van der Waals surface area (Å²) in [6.07, 6.45) is 6.67. The van der Waals surface area contributed by atoms with Gasteiger partial charge in [-0.05, 0) is 62.0 Å². The van der Waals surface area contributed by atoms with Crippen LogP contribution < -0.4 is 10.1 Å². The zero-order valence-electron chi connectivity index (χ0n) is 13.0. The van der Waals surface area contributed by atoms with E-state index in [9.17, 15) is 0 Å². The van der Waals surface area contributed by atoms with Crippen LogP contribution in [0.1, 0.15) is 43.7 Å². The molecule has 3 rings (SSSR count). The van der Waals surface area contributed by atoms with Gasteiger partial charge in [0.2, 0.25) is 0 Å². The van der Waals surface area contributed by atoms with Crippen LogP contribution in [0.15, 0.2) is 18.2 Å². The van der Waals surface area contributed by atoms with Gasteiger partial charge in [-0.3, -0.25) is 0 Å². The molecule has 110 valence electrons. The van der Waals surface area contributed by atoms with Crippen molar-refractivity contribution in [1.82, 2.24) is 5.32 Å². The van der Waals surface area contributed by atoms with Crippen LogP contribution in [0, 0.1) is 18.3 Å². The van der Waals surface area contributed by atoms with Crippen molar-refractivity contribution in [3.05, 3.63) is 29.3 Å². The highest BCUT2D eigenvalue weighted by Crippen LogP contribution is 2.48. The van der Waals surface area contributed by atoms with E-state index in [-0.39, 0.29) is 0 Å². The molecule has 0 spiro atoms. The molecule has 1 unspecified atom stereocenters. The van der Waals surface area contributed by atoms with Crippen LogP contribution in [-0.4, -0.2) is 19.7 Å². The number of benzene rings is 1. The molecule has 0 aromatic heterocycles. The molecule has 2 saturated carbocycles. The van der Waals surface area contributed by atoms with Gasteiger partial charge in [-0.15, -0.1) is 0 Å². The number of ether oxygens (including phenoxy) is 1. The topological polar surface area (TPSA) is 21.3 Å². The van der Waals surface area contributed by atoms with Gasteiger partial charge in [-0.25, -0.2) is 0 Å². The molecule has 1 N–H and O–H groups in total. The predicted molar refractivity (Wildman–Crippen MR) is 83.3 cm³/mol. The highest BCUT2D eigenvalue weighted by atomic mass is 16.5. The van der Waals surface area contributed by atoms with Crippen molar-refractivity contribution < 1.29 is 4.74 Å². The van der Waals surface area contributed by atoms with Crippen molar-refractivity contribution in [3.8, 4) is 5.75 Å². The Bertz CT molecular complexity index is 476. The lowest BCUT2D eigenvalue weighted by Crippen LogP contribution is -2.36. The SMILES string of the molecule is COc1ccc(C)cc1CC(C)(CNC1CC1)C1CC1. The van der Waals surface area contributed by atoms with Crippen LogP contribution in [0.3, 0.4) is 0 Å². The van der Waals surface area contributed by atoms with E-state index < -0.39 is 0 Å². The Morgan fingerprint density at radius 3 is 2.60 bits per heavy atom. The Hall–Kier alpha value is -1.02. The molecular weight excluding hydrogens is 246 g/mol. The first-order valence-electron chi connectivity index (χ1n) is 7.97. The quantitative estimate of drug-likeness (QED) is 0.817. The number of rotatable bonds is 7. The number of nitrogens with one attached hydrogen (secondary N) is 1. The van der Waals surface area contributed by atoms with Gasteiger partial charge in [0.15, 0.2) is 0 Å². The van der Waals surface area contributed by atoms with E-state index in [1.165, 1.54) is 36.8 Å². The highest BCUT2D eigenvalue weighted by molar-refractivity contribution is 5.37. The summed E-state index contributed by atoms with van der Waals surface area (Å²) in [7, 11) is 1.78. The third kappa shape index (κ3) is 3.17. The average Bonchev–Trinajstić information content (AvgIpc) is 3.30. The molecule has 2 nitrogen and oxygen atoms in total. The Balaban J connectivity index is 1.76. The summed E-state index contributed by atoms with van der Waals surface area (Å²) in [4.78, 5) is 0. The van der Waals surface area contributed by atoms with Crippen molar-refractivity contribution in [2.75, 3.05) is 13.7 Å². The lowest BCUT2D eigenvalue weighted by Gasteiger charge is -2.31. The molecule has 1 aromatic carbocycles. The van der Waals surface area contributed by atoms with Crippen LogP contribution in [-0.2, 0) is 6.42 Å². The molecule has 0 saturated heterocycles. The van der Waals surface area contributed by atoms with E-state index >= 15 is 0 Å². The van der Waals surface area contributed by atoms with Gasteiger partial charge >= 0.3 is 0 Å². The molecule has 0 radical (unpaired) electrons. The lowest BCUT2D eigenvalue weighted by atomic mass is 9.78. The lowest BCUT2D eigenvalue weighted by molar-refractivity contribution is 0.251. The molecule has 0 aliphatic heterocycles. The molecule has 1 aromatic rings. The highest BCUT2D eigenvalue weighted by Gasteiger charge is 2.42. The molecule has 2 aliphatic carbocycles. The fourth-order valence-electron chi connectivity index (χ4n) is 3.28. The predicted octanol–water partition coefficient (Wildman–Crippen LogP) is 3.71. The van der Waals surface area contributed by atoms with Crippen LogP contribution in [0.4, 0.5) is 0 Å². The van der Waals surface area contributed by atoms with Crippen LogP contribution in [0.2, 0.25) is 0 Å². The first-order valence-corrected chi connectivity index (χ1v) is 7.97. The Morgan fingerprint density at radius 1 is 1.25 bits per heavy atom. The standard InChI is InChI=1S/C18H27NO/c1-13-4-9-17(20-3)14(10-13)11-18(2,15-5-6-15)12-19-16-7-8-16/h4,9-10,15-16,19H,5-8,11-12H2,1-3H3. The molecule has 2 fully saturated rings. The largest absolute Gasteiger partial charge is 0.496 e. The van der Waals surface area contributed by atoms with Gasteiger partial charge in [0.1, 0.15) is 5.75 Å². The fourth-order valence-corrected chi connectivity index (χ4v) is 3.28. The summed E-state index contributed by atoms with van der Waals surface area (Å²) in [5.41, 5.74) is 3.08. The normalized spacial score (nSPS) is 21.6. The second-order valence-corrected chi connectivity index (χ2v) is 7.08. The first-order chi connectivity index (χ1) is 9.60. The summed E-state index contributed by atoms with van der Waals surface area (Å²) in [5, 5.41) is 3.75. The van der Waals surface area contributed by atoms with E-state index in [4.69, 9.17) is 4.74 Å². The summed E-state index contributed by atoms with van der Waals surface area (Å²) in [5.74, 6) is 1.94. The third-order valence-electron chi connectivity index (χ3n) is 4.97. The molecular formula is C18H27NO. The zero-order chi connectivity index (χ0) is 14.2. The molecule has 0 bridgehead atoms. The third-order valence-corrected chi connectivity index (χ3v) is 4.97. The first kappa shape index (κ1) is 13.9. The van der Waals surface area contributed by atoms with Crippen molar-refractivity contribution >= 4 is 0 Å². The Kier molecular flexibility index (Phi) is 3.76. The zero-order valence-corrected chi connectivity index (χ0v) is 13.0. The van der Waals surface area contributed by atoms with Gasteiger partial charge in [0.05, 0.1) is 7.11 Å². The van der Waals surface area contributed by atoms with E-state index in [2.05, 4.69) is 37.4 Å². The number of aryl methyl sites for hydroxylation is 1. The number of methoxy groups -OCH3 is 1. The monoisotopic (exact) mass is 273 g/mol. The average molecular weight is 273 g/mol. The second kappa shape index (κ2) is 5.40. The number of hydrogen-bond donors (Lipinski definition) is 1. The van der Waals surface area contributed by atoms with E-state index in [1.807, 2.05) is 0 Å². The Morgan fingerprint density at radius 2 is 2.00 bits per heavy atom. The van der Waals surface area contributed by atoms with Crippen molar-refractivity contribution in [3.63, 3.8) is 0 Å². The fraction of sp³-hybridized carbons (Fsp3) is 0.667. The summed E-state index contributed by atoms with van der Waals surface area (Å²) < 4.78 is 5.56. The maximum atomic E-state index is 5.56. The van der Waals surface area contributed by atoms with E-state index in [0.717, 1.165) is 30.7 Å². The minimum atomic E-state index is 0.379. The van der Waals surface area contributed by atoms with Crippen molar-refractivity contribution in [2.45, 2.75) is 52.0 Å². The molecule has 0 heterocycles. The van der Waals surface area contributed by atoms with Gasteiger partial charge in [0, 0.05) is 12.6 Å². The summed E-state index contributed by atoms with van der Waals surface area (Å²) >= 11 is 0. The maximum absolute atomic E-state index is 5.56. The number of hydrogen-bond acceptors (Lipinski definition) is 2. The molecule has 1 atom stereocenters. The van der Waals surface area contributed by atoms with Crippen LogP contribution in [0.5, 0.6) is 5.75 Å². The van der Waals surface area contributed by atoms with Gasteiger partial charge in [-0.1, -0.05) is 24.6 Å². The Labute approximate surface area is 122 Å².